The smallest absolute Gasteiger partial charge is 0.272 e. The van der Waals surface area contributed by atoms with Crippen LogP contribution in [0.25, 0.3) is 11.3 Å². The summed E-state index contributed by atoms with van der Waals surface area (Å²) in [7, 11) is 1.64. The van der Waals surface area contributed by atoms with Crippen molar-refractivity contribution in [3.63, 3.8) is 0 Å². The number of aromatic nitrogens is 2. The molecule has 6 nitrogen and oxygen atoms in total. The molecule has 150 valence electrons. The first kappa shape index (κ1) is 19.1. The molecule has 1 amide bonds. The van der Waals surface area contributed by atoms with Crippen LogP contribution in [0, 0.1) is 6.92 Å². The number of hydrogen-bond acceptors (Lipinski definition) is 4. The van der Waals surface area contributed by atoms with Gasteiger partial charge in [-0.2, -0.15) is 5.10 Å². The number of carbonyl (C=O) groups excluding carboxylic acids is 1. The van der Waals surface area contributed by atoms with E-state index in [9.17, 15) is 4.79 Å². The molecule has 0 aliphatic carbocycles. The van der Waals surface area contributed by atoms with E-state index >= 15 is 0 Å². The molecule has 2 heterocycles. The SMILES string of the molecule is COc1ccc(-c2cc(C(=O)N3CCN(c4cccc(C)c4)[C@@H](C)C3)[nH]n2)cc1. The molecule has 1 fully saturated rings. The van der Waals surface area contributed by atoms with Gasteiger partial charge in [0.1, 0.15) is 11.4 Å². The molecule has 1 aliphatic heterocycles. The van der Waals surface area contributed by atoms with Crippen LogP contribution in [0.4, 0.5) is 5.69 Å². The lowest BCUT2D eigenvalue weighted by atomic mass is 10.1. The summed E-state index contributed by atoms with van der Waals surface area (Å²) in [5.74, 6) is 0.786. The molecular formula is C23H26N4O2. The molecule has 2 aromatic carbocycles. The third kappa shape index (κ3) is 3.97. The minimum absolute atomic E-state index is 0.00648. The minimum atomic E-state index is -0.00648. The lowest BCUT2D eigenvalue weighted by Gasteiger charge is -2.41. The van der Waals surface area contributed by atoms with E-state index in [1.165, 1.54) is 11.3 Å². The van der Waals surface area contributed by atoms with E-state index in [4.69, 9.17) is 4.74 Å². The summed E-state index contributed by atoms with van der Waals surface area (Å²) in [5.41, 5.74) is 4.68. The fraction of sp³-hybridized carbons (Fsp3) is 0.304. The Bertz CT molecular complexity index is 996. The molecule has 1 N–H and O–H groups in total. The molecule has 1 aliphatic rings. The summed E-state index contributed by atoms with van der Waals surface area (Å²) in [6.45, 7) is 6.46. The van der Waals surface area contributed by atoms with Crippen molar-refractivity contribution in [1.29, 1.82) is 0 Å². The third-order valence-corrected chi connectivity index (χ3v) is 5.44. The van der Waals surface area contributed by atoms with Gasteiger partial charge in [0, 0.05) is 36.9 Å². The van der Waals surface area contributed by atoms with Gasteiger partial charge in [-0.25, -0.2) is 0 Å². The summed E-state index contributed by atoms with van der Waals surface area (Å²) in [5, 5.41) is 7.23. The number of amides is 1. The molecule has 1 atom stereocenters. The van der Waals surface area contributed by atoms with Gasteiger partial charge in [0.25, 0.3) is 5.91 Å². The number of benzene rings is 2. The zero-order valence-corrected chi connectivity index (χ0v) is 17.1. The van der Waals surface area contributed by atoms with Gasteiger partial charge in [-0.1, -0.05) is 12.1 Å². The number of methoxy groups -OCH3 is 1. The number of ether oxygens (including phenoxy) is 1. The molecule has 1 saturated heterocycles. The molecule has 0 spiro atoms. The van der Waals surface area contributed by atoms with Crippen molar-refractivity contribution in [2.75, 3.05) is 31.6 Å². The highest BCUT2D eigenvalue weighted by atomic mass is 16.5. The largest absolute Gasteiger partial charge is 0.497 e. The number of piperazine rings is 1. The minimum Gasteiger partial charge on any atom is -0.497 e. The summed E-state index contributed by atoms with van der Waals surface area (Å²) < 4.78 is 5.19. The van der Waals surface area contributed by atoms with Gasteiger partial charge in [0.15, 0.2) is 0 Å². The fourth-order valence-corrected chi connectivity index (χ4v) is 3.84. The Hall–Kier alpha value is -3.28. The van der Waals surface area contributed by atoms with Crippen molar-refractivity contribution in [2.45, 2.75) is 19.9 Å². The summed E-state index contributed by atoms with van der Waals surface area (Å²) in [6.07, 6.45) is 0. The molecule has 0 radical (unpaired) electrons. The van der Waals surface area contributed by atoms with E-state index in [-0.39, 0.29) is 11.9 Å². The van der Waals surface area contributed by atoms with Crippen LogP contribution in [0.1, 0.15) is 23.0 Å². The number of rotatable bonds is 4. The summed E-state index contributed by atoms with van der Waals surface area (Å²) in [4.78, 5) is 17.3. The second-order valence-electron chi connectivity index (χ2n) is 7.53. The van der Waals surface area contributed by atoms with Gasteiger partial charge in [-0.15, -0.1) is 0 Å². The van der Waals surface area contributed by atoms with Crippen molar-refractivity contribution < 1.29 is 9.53 Å². The molecule has 0 saturated carbocycles. The van der Waals surface area contributed by atoms with Gasteiger partial charge in [0.2, 0.25) is 0 Å². The number of carbonyl (C=O) groups is 1. The van der Waals surface area contributed by atoms with Crippen LogP contribution in [-0.4, -0.2) is 53.8 Å². The van der Waals surface area contributed by atoms with Crippen LogP contribution >= 0.6 is 0 Å². The zero-order valence-electron chi connectivity index (χ0n) is 17.1. The monoisotopic (exact) mass is 390 g/mol. The number of aromatic amines is 1. The van der Waals surface area contributed by atoms with E-state index in [1.807, 2.05) is 35.2 Å². The molecule has 6 heteroatoms. The first-order chi connectivity index (χ1) is 14.0. The highest BCUT2D eigenvalue weighted by Gasteiger charge is 2.28. The van der Waals surface area contributed by atoms with Gasteiger partial charge in [-0.3, -0.25) is 9.89 Å². The Morgan fingerprint density at radius 2 is 1.93 bits per heavy atom. The van der Waals surface area contributed by atoms with Gasteiger partial charge in [0.05, 0.1) is 12.8 Å². The Balaban J connectivity index is 1.45. The van der Waals surface area contributed by atoms with Crippen LogP contribution in [0.15, 0.2) is 54.6 Å². The fourth-order valence-electron chi connectivity index (χ4n) is 3.84. The predicted octanol–water partition coefficient (Wildman–Crippen LogP) is 3.74. The summed E-state index contributed by atoms with van der Waals surface area (Å²) >= 11 is 0. The van der Waals surface area contributed by atoms with Crippen molar-refractivity contribution >= 4 is 11.6 Å². The lowest BCUT2D eigenvalue weighted by molar-refractivity contribution is 0.0720. The maximum atomic E-state index is 13.0. The highest BCUT2D eigenvalue weighted by molar-refractivity contribution is 5.93. The van der Waals surface area contributed by atoms with E-state index in [0.29, 0.717) is 18.8 Å². The quantitative estimate of drug-likeness (QED) is 0.737. The number of nitrogens with one attached hydrogen (secondary N) is 1. The van der Waals surface area contributed by atoms with Crippen molar-refractivity contribution in [1.82, 2.24) is 15.1 Å². The molecule has 1 aromatic heterocycles. The standard InChI is InChI=1S/C23H26N4O2/c1-16-5-4-6-19(13-16)27-12-11-26(15-17(27)2)23(28)22-14-21(24-25-22)18-7-9-20(29-3)10-8-18/h4-10,13-14,17H,11-12,15H2,1-3H3,(H,24,25)/t17-/m0/s1. The predicted molar refractivity (Wildman–Crippen MR) is 114 cm³/mol. The van der Waals surface area contributed by atoms with Gasteiger partial charge in [-0.05, 0) is 61.9 Å². The second-order valence-corrected chi connectivity index (χ2v) is 7.53. The molecule has 0 bridgehead atoms. The Morgan fingerprint density at radius 1 is 1.14 bits per heavy atom. The molecule has 29 heavy (non-hydrogen) atoms. The Labute approximate surface area is 171 Å². The number of nitrogens with zero attached hydrogens (tertiary/aromatic N) is 3. The number of H-pyrrole nitrogens is 1. The maximum Gasteiger partial charge on any atom is 0.272 e. The van der Waals surface area contributed by atoms with Crippen LogP contribution < -0.4 is 9.64 Å². The first-order valence-electron chi connectivity index (χ1n) is 9.87. The van der Waals surface area contributed by atoms with Crippen molar-refractivity contribution in [3.05, 3.63) is 65.9 Å². The van der Waals surface area contributed by atoms with Crippen molar-refractivity contribution in [2.24, 2.45) is 0 Å². The normalized spacial score (nSPS) is 16.7. The maximum absolute atomic E-state index is 13.0. The number of hydrogen-bond donors (Lipinski definition) is 1. The van der Waals surface area contributed by atoms with E-state index < -0.39 is 0 Å². The first-order valence-corrected chi connectivity index (χ1v) is 9.87. The van der Waals surface area contributed by atoms with E-state index in [0.717, 1.165) is 23.6 Å². The second kappa shape index (κ2) is 7.99. The average molecular weight is 390 g/mol. The molecule has 4 rings (SSSR count). The van der Waals surface area contributed by atoms with Crippen LogP contribution in [0.2, 0.25) is 0 Å². The van der Waals surface area contributed by atoms with Crippen LogP contribution in [0.3, 0.4) is 0 Å². The van der Waals surface area contributed by atoms with E-state index in [2.05, 4.69) is 53.2 Å². The molecule has 3 aromatic rings. The third-order valence-electron chi connectivity index (χ3n) is 5.44. The lowest BCUT2D eigenvalue weighted by Crippen LogP contribution is -2.53. The summed E-state index contributed by atoms with van der Waals surface area (Å²) in [6, 6.07) is 18.2. The Morgan fingerprint density at radius 3 is 2.62 bits per heavy atom. The number of anilines is 1. The van der Waals surface area contributed by atoms with Gasteiger partial charge < -0.3 is 14.5 Å². The van der Waals surface area contributed by atoms with E-state index in [1.54, 1.807) is 7.11 Å². The van der Waals surface area contributed by atoms with Gasteiger partial charge >= 0.3 is 0 Å². The van der Waals surface area contributed by atoms with Crippen LogP contribution in [0.5, 0.6) is 5.75 Å². The molecular weight excluding hydrogens is 364 g/mol. The molecule has 0 unspecified atom stereocenters. The number of aryl methyl sites for hydroxylation is 1. The highest BCUT2D eigenvalue weighted by Crippen LogP contribution is 2.24. The Kier molecular flexibility index (Phi) is 5.25. The zero-order chi connectivity index (χ0) is 20.4. The van der Waals surface area contributed by atoms with Crippen LogP contribution in [-0.2, 0) is 0 Å². The topological polar surface area (TPSA) is 61.5 Å². The van der Waals surface area contributed by atoms with Crippen molar-refractivity contribution in [3.8, 4) is 17.0 Å². The average Bonchev–Trinajstić information content (AvgIpc) is 3.23.